The molecule has 0 aliphatic carbocycles. The van der Waals surface area contributed by atoms with Crippen molar-refractivity contribution in [2.24, 2.45) is 5.92 Å². The number of rotatable bonds is 5. The van der Waals surface area contributed by atoms with E-state index in [0.717, 1.165) is 19.0 Å². The van der Waals surface area contributed by atoms with Gasteiger partial charge >= 0.3 is 0 Å². The molecule has 1 fully saturated rings. The van der Waals surface area contributed by atoms with Crippen LogP contribution in [0.5, 0.6) is 5.75 Å². The first kappa shape index (κ1) is 15.2. The molecule has 0 bridgehead atoms. The molecule has 112 valence electrons. The lowest BCUT2D eigenvalue weighted by Gasteiger charge is -2.17. The Morgan fingerprint density at radius 1 is 1.50 bits per heavy atom. The summed E-state index contributed by atoms with van der Waals surface area (Å²) in [6.07, 6.45) is 0.832. The molecule has 1 heterocycles. The summed E-state index contributed by atoms with van der Waals surface area (Å²) in [6.45, 7) is 1.77. The van der Waals surface area contributed by atoms with E-state index in [0.29, 0.717) is 19.0 Å². The average molecular weight is 302 g/mol. The van der Waals surface area contributed by atoms with Gasteiger partial charge in [-0.3, -0.25) is 0 Å². The molecular formula is C13H19FN2O3S. The molecule has 1 aliphatic heterocycles. The molecule has 1 unspecified atom stereocenters. The third-order valence-corrected chi connectivity index (χ3v) is 5.36. The molecule has 2 rings (SSSR count). The van der Waals surface area contributed by atoms with Gasteiger partial charge in [0.15, 0.2) is 11.6 Å². The first-order chi connectivity index (χ1) is 9.48. The van der Waals surface area contributed by atoms with Crippen molar-refractivity contribution in [3.8, 4) is 5.75 Å². The fourth-order valence-electron chi connectivity index (χ4n) is 2.42. The average Bonchev–Trinajstić information content (AvgIpc) is 2.89. The minimum Gasteiger partial charge on any atom is -0.494 e. The normalized spacial score (nSPS) is 20.2. The van der Waals surface area contributed by atoms with Gasteiger partial charge in [-0.25, -0.2) is 12.8 Å². The standard InChI is InChI=1S/C13H19FN2O3S/c1-15-8-10-5-6-16(9-10)20(17,18)11-3-4-12(14)13(7-11)19-2/h3-4,7,10,15H,5-6,8-9H2,1-2H3. The van der Waals surface area contributed by atoms with Gasteiger partial charge in [0, 0.05) is 19.2 Å². The van der Waals surface area contributed by atoms with Crippen molar-refractivity contribution in [1.29, 1.82) is 0 Å². The first-order valence-electron chi connectivity index (χ1n) is 6.47. The summed E-state index contributed by atoms with van der Waals surface area (Å²) in [5.41, 5.74) is 0. The van der Waals surface area contributed by atoms with E-state index in [-0.39, 0.29) is 10.6 Å². The van der Waals surface area contributed by atoms with E-state index >= 15 is 0 Å². The Kier molecular flexibility index (Phi) is 4.62. The number of nitrogens with one attached hydrogen (secondary N) is 1. The van der Waals surface area contributed by atoms with Crippen LogP contribution in [0.2, 0.25) is 0 Å². The number of hydrogen-bond acceptors (Lipinski definition) is 4. The lowest BCUT2D eigenvalue weighted by Crippen LogP contribution is -2.30. The molecule has 1 aliphatic rings. The van der Waals surface area contributed by atoms with E-state index in [4.69, 9.17) is 4.74 Å². The van der Waals surface area contributed by atoms with E-state index in [9.17, 15) is 12.8 Å². The Labute approximate surface area is 118 Å². The van der Waals surface area contributed by atoms with E-state index in [1.54, 1.807) is 0 Å². The Morgan fingerprint density at radius 2 is 2.25 bits per heavy atom. The number of ether oxygens (including phenoxy) is 1. The van der Waals surface area contributed by atoms with Gasteiger partial charge in [-0.05, 0) is 38.1 Å². The summed E-state index contributed by atoms with van der Waals surface area (Å²) in [4.78, 5) is 0.0702. The zero-order chi connectivity index (χ0) is 14.8. The number of sulfonamides is 1. The highest BCUT2D eigenvalue weighted by Gasteiger charge is 2.32. The monoisotopic (exact) mass is 302 g/mol. The second kappa shape index (κ2) is 6.07. The zero-order valence-electron chi connectivity index (χ0n) is 11.6. The molecule has 0 aromatic heterocycles. The van der Waals surface area contributed by atoms with E-state index < -0.39 is 15.8 Å². The van der Waals surface area contributed by atoms with Crippen LogP contribution >= 0.6 is 0 Å². The molecule has 1 atom stereocenters. The predicted molar refractivity (Wildman–Crippen MR) is 73.7 cm³/mol. The summed E-state index contributed by atoms with van der Waals surface area (Å²) in [7, 11) is -0.418. The fourth-order valence-corrected chi connectivity index (χ4v) is 3.97. The molecule has 1 N–H and O–H groups in total. The van der Waals surface area contributed by atoms with Gasteiger partial charge in [-0.1, -0.05) is 0 Å². The molecule has 5 nitrogen and oxygen atoms in total. The van der Waals surface area contributed by atoms with Crippen molar-refractivity contribution in [3.05, 3.63) is 24.0 Å². The molecule has 0 amide bonds. The van der Waals surface area contributed by atoms with Crippen LogP contribution < -0.4 is 10.1 Å². The first-order valence-corrected chi connectivity index (χ1v) is 7.91. The minimum atomic E-state index is -3.58. The summed E-state index contributed by atoms with van der Waals surface area (Å²) in [6, 6.07) is 3.63. The van der Waals surface area contributed by atoms with Crippen molar-refractivity contribution in [3.63, 3.8) is 0 Å². The molecule has 20 heavy (non-hydrogen) atoms. The van der Waals surface area contributed by atoms with Crippen LogP contribution in [0, 0.1) is 11.7 Å². The van der Waals surface area contributed by atoms with Crippen LogP contribution in [-0.4, -0.2) is 46.5 Å². The van der Waals surface area contributed by atoms with Gasteiger partial charge in [-0.2, -0.15) is 4.31 Å². The highest BCUT2D eigenvalue weighted by molar-refractivity contribution is 7.89. The summed E-state index contributed by atoms with van der Waals surface area (Å²) in [5.74, 6) is -0.310. The largest absolute Gasteiger partial charge is 0.494 e. The summed E-state index contributed by atoms with van der Waals surface area (Å²) >= 11 is 0. The van der Waals surface area contributed by atoms with Crippen molar-refractivity contribution in [2.75, 3.05) is 33.8 Å². The van der Waals surface area contributed by atoms with Crippen LogP contribution in [-0.2, 0) is 10.0 Å². The van der Waals surface area contributed by atoms with Crippen molar-refractivity contribution < 1.29 is 17.5 Å². The molecular weight excluding hydrogens is 283 g/mol. The Balaban J connectivity index is 2.23. The summed E-state index contributed by atoms with van der Waals surface area (Å²) in [5, 5.41) is 3.06. The van der Waals surface area contributed by atoms with Gasteiger partial charge in [0.1, 0.15) is 0 Å². The lowest BCUT2D eigenvalue weighted by atomic mass is 10.1. The zero-order valence-corrected chi connectivity index (χ0v) is 12.4. The molecule has 0 radical (unpaired) electrons. The summed E-state index contributed by atoms with van der Waals surface area (Å²) < 4.78 is 44.6. The lowest BCUT2D eigenvalue weighted by molar-refractivity contribution is 0.384. The second-order valence-electron chi connectivity index (χ2n) is 4.87. The highest BCUT2D eigenvalue weighted by Crippen LogP contribution is 2.27. The predicted octanol–water partition coefficient (Wildman–Crippen LogP) is 1.06. The van der Waals surface area contributed by atoms with Crippen molar-refractivity contribution in [2.45, 2.75) is 11.3 Å². The highest BCUT2D eigenvalue weighted by atomic mass is 32.2. The van der Waals surface area contributed by atoms with E-state index in [1.807, 2.05) is 7.05 Å². The maximum absolute atomic E-state index is 13.4. The maximum Gasteiger partial charge on any atom is 0.243 e. The number of nitrogens with zero attached hydrogens (tertiary/aromatic N) is 1. The van der Waals surface area contributed by atoms with Gasteiger partial charge < -0.3 is 10.1 Å². The van der Waals surface area contributed by atoms with Crippen LogP contribution in [0.15, 0.2) is 23.1 Å². The molecule has 1 aromatic carbocycles. The molecule has 7 heteroatoms. The maximum atomic E-state index is 13.4. The van der Waals surface area contributed by atoms with Crippen LogP contribution in [0.1, 0.15) is 6.42 Å². The number of methoxy groups -OCH3 is 1. The van der Waals surface area contributed by atoms with E-state index in [2.05, 4.69) is 5.32 Å². The van der Waals surface area contributed by atoms with Crippen LogP contribution in [0.25, 0.3) is 0 Å². The van der Waals surface area contributed by atoms with Crippen molar-refractivity contribution >= 4 is 10.0 Å². The fraction of sp³-hybridized carbons (Fsp3) is 0.538. The van der Waals surface area contributed by atoms with E-state index in [1.165, 1.54) is 23.5 Å². The topological polar surface area (TPSA) is 58.6 Å². The second-order valence-corrected chi connectivity index (χ2v) is 6.81. The SMILES string of the molecule is CNCC1CCN(S(=O)(=O)c2ccc(F)c(OC)c2)C1. The smallest absolute Gasteiger partial charge is 0.243 e. The Bertz CT molecular complexity index is 577. The van der Waals surface area contributed by atoms with Crippen LogP contribution in [0.3, 0.4) is 0 Å². The number of hydrogen-bond donors (Lipinski definition) is 1. The van der Waals surface area contributed by atoms with Crippen molar-refractivity contribution in [1.82, 2.24) is 9.62 Å². The van der Waals surface area contributed by atoms with Gasteiger partial charge in [-0.15, -0.1) is 0 Å². The van der Waals surface area contributed by atoms with Gasteiger partial charge in [0.2, 0.25) is 10.0 Å². The van der Waals surface area contributed by atoms with Gasteiger partial charge in [0.25, 0.3) is 0 Å². The Hall–Kier alpha value is -1.18. The van der Waals surface area contributed by atoms with Crippen LogP contribution in [0.4, 0.5) is 4.39 Å². The third-order valence-electron chi connectivity index (χ3n) is 3.50. The van der Waals surface area contributed by atoms with Gasteiger partial charge in [0.05, 0.1) is 12.0 Å². The molecule has 0 spiro atoms. The Morgan fingerprint density at radius 3 is 2.90 bits per heavy atom. The number of halogens is 1. The number of benzene rings is 1. The molecule has 1 saturated heterocycles. The minimum absolute atomic E-state index is 0.0583. The molecule has 1 aromatic rings. The quantitative estimate of drug-likeness (QED) is 0.884. The molecule has 0 saturated carbocycles. The third kappa shape index (κ3) is 2.94.